The third kappa shape index (κ3) is 5.53. The van der Waals surface area contributed by atoms with Crippen molar-refractivity contribution < 1.29 is 19.1 Å². The second-order valence-corrected chi connectivity index (χ2v) is 9.54. The first-order valence-electron chi connectivity index (χ1n) is 10.1. The minimum atomic E-state index is -0.411. The molecule has 34 heavy (non-hydrogen) atoms. The molecule has 0 radical (unpaired) electrons. The number of rotatable bonds is 7. The van der Waals surface area contributed by atoms with Gasteiger partial charge in [-0.05, 0) is 65.4 Å². The zero-order chi connectivity index (χ0) is 24.2. The predicted octanol–water partition coefficient (Wildman–Crippen LogP) is 7.47. The van der Waals surface area contributed by atoms with Crippen LogP contribution in [-0.4, -0.2) is 23.2 Å². The van der Waals surface area contributed by atoms with E-state index in [1.54, 1.807) is 48.5 Å². The van der Waals surface area contributed by atoms with E-state index in [1.165, 1.54) is 7.11 Å². The van der Waals surface area contributed by atoms with Crippen molar-refractivity contribution in [3.05, 3.63) is 97.3 Å². The molecule has 0 unspecified atom stereocenters. The number of carbonyl (C=O) groups excluding carboxylic acids is 2. The van der Waals surface area contributed by atoms with Crippen LogP contribution in [0.25, 0.3) is 6.08 Å². The van der Waals surface area contributed by atoms with Crippen LogP contribution in [0.1, 0.15) is 16.7 Å². The van der Waals surface area contributed by atoms with Crippen LogP contribution in [-0.2, 0) is 17.9 Å². The van der Waals surface area contributed by atoms with Crippen molar-refractivity contribution in [1.82, 2.24) is 4.90 Å². The lowest BCUT2D eigenvalue weighted by Crippen LogP contribution is -2.27. The van der Waals surface area contributed by atoms with Gasteiger partial charge < -0.3 is 9.47 Å². The minimum Gasteiger partial charge on any atom is -0.493 e. The van der Waals surface area contributed by atoms with Gasteiger partial charge in [0.1, 0.15) is 6.61 Å². The number of benzene rings is 3. The van der Waals surface area contributed by atoms with E-state index in [1.807, 2.05) is 18.2 Å². The van der Waals surface area contributed by atoms with Crippen molar-refractivity contribution in [1.29, 1.82) is 0 Å². The van der Waals surface area contributed by atoms with E-state index in [0.29, 0.717) is 49.2 Å². The molecule has 0 aliphatic carbocycles. The maximum Gasteiger partial charge on any atom is 0.293 e. The van der Waals surface area contributed by atoms with Gasteiger partial charge in [-0.1, -0.05) is 59.1 Å². The van der Waals surface area contributed by atoms with Crippen LogP contribution in [0.5, 0.6) is 11.5 Å². The normalized spacial score (nSPS) is 14.7. The number of imide groups is 1. The fourth-order valence-corrected chi connectivity index (χ4v) is 4.88. The Balaban J connectivity index is 1.51. The molecule has 0 atom stereocenters. The fourth-order valence-electron chi connectivity index (χ4n) is 3.31. The van der Waals surface area contributed by atoms with Gasteiger partial charge in [0.05, 0.1) is 18.6 Å². The molecule has 174 valence electrons. The zero-order valence-corrected chi connectivity index (χ0v) is 21.0. The summed E-state index contributed by atoms with van der Waals surface area (Å²) >= 11 is 19.3. The Kier molecular flexibility index (Phi) is 7.73. The molecule has 1 aliphatic heterocycles. The molecule has 9 heteroatoms. The van der Waals surface area contributed by atoms with E-state index in [4.69, 9.17) is 44.3 Å². The molecule has 3 aromatic carbocycles. The molecule has 4 rings (SSSR count). The van der Waals surface area contributed by atoms with Crippen molar-refractivity contribution in [3.8, 4) is 11.5 Å². The molecular weight excluding hydrogens is 517 g/mol. The molecule has 0 saturated carbocycles. The maximum absolute atomic E-state index is 12.9. The smallest absolute Gasteiger partial charge is 0.293 e. The highest BCUT2D eigenvalue weighted by molar-refractivity contribution is 8.18. The summed E-state index contributed by atoms with van der Waals surface area (Å²) in [6.45, 7) is 0.319. The summed E-state index contributed by atoms with van der Waals surface area (Å²) in [6, 6.07) is 17.7. The van der Waals surface area contributed by atoms with Gasteiger partial charge in [-0.2, -0.15) is 0 Å². The second kappa shape index (κ2) is 10.7. The van der Waals surface area contributed by atoms with E-state index in [-0.39, 0.29) is 11.8 Å². The lowest BCUT2D eigenvalue weighted by Gasteiger charge is -2.14. The van der Waals surface area contributed by atoms with Gasteiger partial charge in [0.25, 0.3) is 11.1 Å². The summed E-state index contributed by atoms with van der Waals surface area (Å²) in [5.74, 6) is 0.630. The molecule has 1 saturated heterocycles. The molecule has 5 nitrogen and oxygen atoms in total. The summed E-state index contributed by atoms with van der Waals surface area (Å²) < 4.78 is 11.3. The van der Waals surface area contributed by atoms with Crippen LogP contribution in [0.3, 0.4) is 0 Å². The number of amides is 2. The van der Waals surface area contributed by atoms with Crippen molar-refractivity contribution in [2.45, 2.75) is 13.2 Å². The van der Waals surface area contributed by atoms with E-state index in [0.717, 1.165) is 22.2 Å². The molecule has 1 aliphatic rings. The second-order valence-electron chi connectivity index (χ2n) is 7.30. The summed E-state index contributed by atoms with van der Waals surface area (Å²) in [5.41, 5.74) is 2.14. The van der Waals surface area contributed by atoms with Crippen LogP contribution < -0.4 is 9.47 Å². The Labute approximate surface area is 216 Å². The number of hydrogen-bond acceptors (Lipinski definition) is 5. The van der Waals surface area contributed by atoms with Crippen molar-refractivity contribution >= 4 is 63.8 Å². The number of carbonyl (C=O) groups is 2. The van der Waals surface area contributed by atoms with Crippen LogP contribution in [0.4, 0.5) is 4.79 Å². The van der Waals surface area contributed by atoms with E-state index < -0.39 is 5.91 Å². The summed E-state index contributed by atoms with van der Waals surface area (Å²) in [4.78, 5) is 26.9. The largest absolute Gasteiger partial charge is 0.493 e. The number of nitrogens with zero attached hydrogens (tertiary/aromatic N) is 1. The summed E-state index contributed by atoms with van der Waals surface area (Å²) in [7, 11) is 1.53. The number of methoxy groups -OCH3 is 1. The monoisotopic (exact) mass is 533 g/mol. The van der Waals surface area contributed by atoms with Gasteiger partial charge in [-0.3, -0.25) is 14.5 Å². The van der Waals surface area contributed by atoms with Gasteiger partial charge in [0.15, 0.2) is 11.5 Å². The number of hydrogen-bond donors (Lipinski definition) is 0. The third-order valence-corrected chi connectivity index (χ3v) is 6.87. The molecular formula is C25H18Cl3NO4S. The van der Waals surface area contributed by atoms with Crippen LogP contribution in [0, 0.1) is 0 Å². The highest BCUT2D eigenvalue weighted by atomic mass is 35.5. The number of thioether (sulfide) groups is 1. The average Bonchev–Trinajstić information content (AvgIpc) is 3.07. The first kappa shape index (κ1) is 24.5. The quantitative estimate of drug-likeness (QED) is 0.294. The fraction of sp³-hybridized carbons (Fsp3) is 0.120. The first-order valence-corrected chi connectivity index (χ1v) is 12.0. The van der Waals surface area contributed by atoms with Gasteiger partial charge in [0.2, 0.25) is 0 Å². The van der Waals surface area contributed by atoms with Crippen molar-refractivity contribution in [2.24, 2.45) is 0 Å². The molecule has 0 bridgehead atoms. The van der Waals surface area contributed by atoms with E-state index >= 15 is 0 Å². The van der Waals surface area contributed by atoms with E-state index in [9.17, 15) is 9.59 Å². The zero-order valence-electron chi connectivity index (χ0n) is 17.9. The molecule has 0 aromatic heterocycles. The Hall–Kier alpha value is -2.64. The maximum atomic E-state index is 12.9. The Morgan fingerprint density at radius 2 is 1.68 bits per heavy atom. The standard InChI is InChI=1S/C25H18Cl3NO4S/c1-32-22-11-15(8-9-21(22)33-14-16-4-2-5-17(26)10-16)12-23-24(30)29(25(31)34-23)13-18-19(27)6-3-7-20(18)28/h2-12H,13-14H2,1H3/b23-12-. The predicted molar refractivity (Wildman–Crippen MR) is 137 cm³/mol. The lowest BCUT2D eigenvalue weighted by molar-refractivity contribution is -0.123. The van der Waals surface area contributed by atoms with Crippen molar-refractivity contribution in [3.63, 3.8) is 0 Å². The van der Waals surface area contributed by atoms with Crippen LogP contribution in [0.2, 0.25) is 15.1 Å². The van der Waals surface area contributed by atoms with Crippen LogP contribution >= 0.6 is 46.6 Å². The van der Waals surface area contributed by atoms with E-state index in [2.05, 4.69) is 0 Å². The van der Waals surface area contributed by atoms with Crippen LogP contribution in [0.15, 0.2) is 65.6 Å². The topological polar surface area (TPSA) is 55.8 Å². The molecule has 0 spiro atoms. The SMILES string of the molecule is COc1cc(/C=C2\SC(=O)N(Cc3c(Cl)cccc3Cl)C2=O)ccc1OCc1cccc(Cl)c1. The Morgan fingerprint density at radius 1 is 0.941 bits per heavy atom. The molecule has 0 N–H and O–H groups in total. The van der Waals surface area contributed by atoms with Gasteiger partial charge in [-0.15, -0.1) is 0 Å². The summed E-state index contributed by atoms with van der Waals surface area (Å²) in [6.07, 6.45) is 1.64. The summed E-state index contributed by atoms with van der Waals surface area (Å²) in [5, 5.41) is 1.04. The van der Waals surface area contributed by atoms with Gasteiger partial charge in [0, 0.05) is 20.6 Å². The first-order chi connectivity index (χ1) is 16.4. The average molecular weight is 535 g/mol. The van der Waals surface area contributed by atoms with Gasteiger partial charge in [-0.25, -0.2) is 0 Å². The third-order valence-electron chi connectivity index (χ3n) is 5.02. The lowest BCUT2D eigenvalue weighted by atomic mass is 10.1. The Morgan fingerprint density at radius 3 is 2.38 bits per heavy atom. The molecule has 3 aromatic rings. The molecule has 1 heterocycles. The Bertz CT molecular complexity index is 1270. The number of halogens is 3. The highest BCUT2D eigenvalue weighted by Gasteiger charge is 2.35. The van der Waals surface area contributed by atoms with Crippen molar-refractivity contribution in [2.75, 3.05) is 7.11 Å². The van der Waals surface area contributed by atoms with Gasteiger partial charge >= 0.3 is 0 Å². The minimum absolute atomic E-state index is 0.000114. The highest BCUT2D eigenvalue weighted by Crippen LogP contribution is 2.37. The molecule has 1 fully saturated rings. The molecule has 2 amide bonds. The number of ether oxygens (including phenoxy) is 2.